The molecule has 1 unspecified atom stereocenters. The summed E-state index contributed by atoms with van der Waals surface area (Å²) in [6.45, 7) is 5.83. The fourth-order valence-corrected chi connectivity index (χ4v) is 3.12. The SMILES string of the molecule is CC1(C)CNCCC1NC(=O)c1cccc(Nc2nccc(C(F)(F)F)n2)c1. The summed E-state index contributed by atoms with van der Waals surface area (Å²) in [6, 6.07) is 7.34. The average molecular weight is 393 g/mol. The van der Waals surface area contributed by atoms with E-state index in [1.54, 1.807) is 24.3 Å². The van der Waals surface area contributed by atoms with Crippen LogP contribution < -0.4 is 16.0 Å². The zero-order chi connectivity index (χ0) is 20.4. The van der Waals surface area contributed by atoms with E-state index in [1.165, 1.54) is 0 Å². The van der Waals surface area contributed by atoms with Crippen molar-refractivity contribution < 1.29 is 18.0 Å². The molecule has 1 fully saturated rings. The Morgan fingerprint density at radius 3 is 2.79 bits per heavy atom. The van der Waals surface area contributed by atoms with Gasteiger partial charge in [0.25, 0.3) is 5.91 Å². The first-order valence-electron chi connectivity index (χ1n) is 8.94. The van der Waals surface area contributed by atoms with Gasteiger partial charge in [-0.05, 0) is 42.6 Å². The molecule has 6 nitrogen and oxygen atoms in total. The van der Waals surface area contributed by atoms with Crippen molar-refractivity contribution in [1.29, 1.82) is 0 Å². The number of piperidine rings is 1. The van der Waals surface area contributed by atoms with Gasteiger partial charge in [0.05, 0.1) is 0 Å². The lowest BCUT2D eigenvalue weighted by molar-refractivity contribution is -0.141. The fourth-order valence-electron chi connectivity index (χ4n) is 3.12. The van der Waals surface area contributed by atoms with Gasteiger partial charge < -0.3 is 16.0 Å². The molecule has 0 bridgehead atoms. The number of halogens is 3. The molecule has 0 aliphatic carbocycles. The van der Waals surface area contributed by atoms with Crippen molar-refractivity contribution in [2.24, 2.45) is 5.41 Å². The summed E-state index contributed by atoms with van der Waals surface area (Å²) >= 11 is 0. The molecule has 0 radical (unpaired) electrons. The Bertz CT molecular complexity index is 853. The van der Waals surface area contributed by atoms with Crippen molar-refractivity contribution in [2.75, 3.05) is 18.4 Å². The summed E-state index contributed by atoms with van der Waals surface area (Å²) in [6.07, 6.45) is -2.69. The van der Waals surface area contributed by atoms with Crippen LogP contribution in [-0.2, 0) is 6.18 Å². The normalized spacial score (nSPS) is 19.1. The number of amides is 1. The van der Waals surface area contributed by atoms with E-state index in [1.807, 2.05) is 0 Å². The van der Waals surface area contributed by atoms with E-state index in [9.17, 15) is 18.0 Å². The van der Waals surface area contributed by atoms with E-state index in [4.69, 9.17) is 0 Å². The summed E-state index contributed by atoms with van der Waals surface area (Å²) in [5.74, 6) is -0.416. The van der Waals surface area contributed by atoms with E-state index in [0.29, 0.717) is 11.3 Å². The molecule has 2 heterocycles. The monoisotopic (exact) mass is 393 g/mol. The second-order valence-corrected chi connectivity index (χ2v) is 7.45. The molecular formula is C19H22F3N5O. The van der Waals surface area contributed by atoms with Crippen molar-refractivity contribution >= 4 is 17.5 Å². The maximum absolute atomic E-state index is 12.8. The maximum Gasteiger partial charge on any atom is 0.433 e. The van der Waals surface area contributed by atoms with Crippen molar-refractivity contribution in [3.8, 4) is 0 Å². The molecule has 28 heavy (non-hydrogen) atoms. The maximum atomic E-state index is 12.8. The van der Waals surface area contributed by atoms with Crippen LogP contribution in [-0.4, -0.2) is 35.0 Å². The van der Waals surface area contributed by atoms with E-state index in [2.05, 4.69) is 39.8 Å². The summed E-state index contributed by atoms with van der Waals surface area (Å²) in [5.41, 5.74) is -0.273. The first-order chi connectivity index (χ1) is 13.1. The van der Waals surface area contributed by atoms with Crippen LogP contribution in [0.3, 0.4) is 0 Å². The van der Waals surface area contributed by atoms with Gasteiger partial charge in [0.2, 0.25) is 5.95 Å². The molecule has 150 valence electrons. The van der Waals surface area contributed by atoms with E-state index in [-0.39, 0.29) is 23.3 Å². The van der Waals surface area contributed by atoms with Crippen LogP contribution in [0.25, 0.3) is 0 Å². The van der Waals surface area contributed by atoms with Gasteiger partial charge in [0, 0.05) is 30.0 Å². The van der Waals surface area contributed by atoms with Crippen molar-refractivity contribution in [1.82, 2.24) is 20.6 Å². The number of nitrogens with zero attached hydrogens (tertiary/aromatic N) is 2. The molecule has 0 saturated carbocycles. The number of hydrogen-bond acceptors (Lipinski definition) is 5. The summed E-state index contributed by atoms with van der Waals surface area (Å²) in [7, 11) is 0. The highest BCUT2D eigenvalue weighted by Gasteiger charge is 2.34. The second-order valence-electron chi connectivity index (χ2n) is 7.45. The first kappa shape index (κ1) is 20.1. The largest absolute Gasteiger partial charge is 0.433 e. The van der Waals surface area contributed by atoms with E-state index < -0.39 is 11.9 Å². The third kappa shape index (κ3) is 4.78. The Morgan fingerprint density at radius 1 is 1.29 bits per heavy atom. The highest BCUT2D eigenvalue weighted by atomic mass is 19.4. The van der Waals surface area contributed by atoms with Gasteiger partial charge in [-0.15, -0.1) is 0 Å². The molecule has 9 heteroatoms. The predicted molar refractivity (Wildman–Crippen MR) is 99.3 cm³/mol. The van der Waals surface area contributed by atoms with Crippen molar-refractivity contribution in [3.05, 3.63) is 47.8 Å². The van der Waals surface area contributed by atoms with Crippen LogP contribution in [0, 0.1) is 5.41 Å². The Hall–Kier alpha value is -2.68. The zero-order valence-corrected chi connectivity index (χ0v) is 15.6. The molecular weight excluding hydrogens is 371 g/mol. The van der Waals surface area contributed by atoms with Crippen LogP contribution in [0.2, 0.25) is 0 Å². The Balaban J connectivity index is 1.73. The average Bonchev–Trinajstić information content (AvgIpc) is 2.63. The van der Waals surface area contributed by atoms with Gasteiger partial charge in [-0.3, -0.25) is 4.79 Å². The zero-order valence-electron chi connectivity index (χ0n) is 15.6. The minimum Gasteiger partial charge on any atom is -0.349 e. The molecule has 1 amide bonds. The summed E-state index contributed by atoms with van der Waals surface area (Å²) < 4.78 is 38.4. The Morgan fingerprint density at radius 2 is 2.07 bits per heavy atom. The molecule has 3 rings (SSSR count). The predicted octanol–water partition coefficient (Wildman–Crippen LogP) is 3.36. The minimum atomic E-state index is -4.55. The van der Waals surface area contributed by atoms with Crippen LogP contribution in [0.15, 0.2) is 36.5 Å². The van der Waals surface area contributed by atoms with Crippen LogP contribution in [0.4, 0.5) is 24.8 Å². The van der Waals surface area contributed by atoms with Crippen LogP contribution in [0.1, 0.15) is 36.3 Å². The first-order valence-corrected chi connectivity index (χ1v) is 8.94. The number of benzene rings is 1. The number of nitrogens with one attached hydrogen (secondary N) is 3. The van der Waals surface area contributed by atoms with Gasteiger partial charge in [0.1, 0.15) is 5.69 Å². The second kappa shape index (κ2) is 7.75. The topological polar surface area (TPSA) is 78.9 Å². The smallest absolute Gasteiger partial charge is 0.349 e. The van der Waals surface area contributed by atoms with Gasteiger partial charge >= 0.3 is 6.18 Å². The van der Waals surface area contributed by atoms with Gasteiger partial charge in [0.15, 0.2) is 0 Å². The molecule has 1 aromatic heterocycles. The minimum absolute atomic E-state index is 0.0321. The number of alkyl halides is 3. The number of aromatic nitrogens is 2. The molecule has 1 atom stereocenters. The van der Waals surface area contributed by atoms with Gasteiger partial charge in [-0.1, -0.05) is 19.9 Å². The number of carbonyl (C=O) groups is 1. The molecule has 0 spiro atoms. The van der Waals surface area contributed by atoms with Crippen LogP contribution >= 0.6 is 0 Å². The van der Waals surface area contributed by atoms with Crippen molar-refractivity contribution in [2.45, 2.75) is 32.5 Å². The number of rotatable bonds is 4. The third-order valence-corrected chi connectivity index (χ3v) is 4.77. The Labute approximate surface area is 161 Å². The number of anilines is 2. The quantitative estimate of drug-likeness (QED) is 0.743. The number of carbonyl (C=O) groups excluding carboxylic acids is 1. The highest BCUT2D eigenvalue weighted by molar-refractivity contribution is 5.95. The standard InChI is InChI=1S/C19H22F3N5O/c1-18(2)11-23-8-6-14(18)26-16(28)12-4-3-5-13(10-12)25-17-24-9-7-15(27-17)19(20,21)22/h3-5,7,9-10,14,23H,6,8,11H2,1-2H3,(H,26,28)(H,24,25,27). The highest BCUT2D eigenvalue weighted by Crippen LogP contribution is 2.28. The fraction of sp³-hybridized carbons (Fsp3) is 0.421. The Kier molecular flexibility index (Phi) is 5.55. The third-order valence-electron chi connectivity index (χ3n) is 4.77. The lowest BCUT2D eigenvalue weighted by atomic mass is 9.80. The summed E-state index contributed by atoms with van der Waals surface area (Å²) in [5, 5.41) is 9.09. The van der Waals surface area contributed by atoms with E-state index in [0.717, 1.165) is 31.8 Å². The molecule has 1 saturated heterocycles. The molecule has 1 aliphatic heterocycles. The summed E-state index contributed by atoms with van der Waals surface area (Å²) in [4.78, 5) is 19.9. The van der Waals surface area contributed by atoms with Gasteiger partial charge in [-0.2, -0.15) is 13.2 Å². The molecule has 1 aliphatic rings. The van der Waals surface area contributed by atoms with Crippen molar-refractivity contribution in [3.63, 3.8) is 0 Å². The lowest BCUT2D eigenvalue weighted by Crippen LogP contribution is -2.54. The van der Waals surface area contributed by atoms with E-state index >= 15 is 0 Å². The molecule has 1 aromatic carbocycles. The number of hydrogen-bond donors (Lipinski definition) is 3. The molecule has 3 N–H and O–H groups in total. The van der Waals surface area contributed by atoms with Gasteiger partial charge in [-0.25, -0.2) is 9.97 Å². The lowest BCUT2D eigenvalue weighted by Gasteiger charge is -2.39. The molecule has 2 aromatic rings. The van der Waals surface area contributed by atoms with Crippen LogP contribution in [0.5, 0.6) is 0 Å².